The van der Waals surface area contributed by atoms with Gasteiger partial charge in [0.2, 0.25) is 5.79 Å². The van der Waals surface area contributed by atoms with Gasteiger partial charge in [-0.2, -0.15) is 0 Å². The first-order chi connectivity index (χ1) is 6.22. The van der Waals surface area contributed by atoms with Crippen molar-refractivity contribution in [3.63, 3.8) is 0 Å². The first-order valence-corrected chi connectivity index (χ1v) is 5.38. The first-order valence-electron chi connectivity index (χ1n) is 4.80. The molecule has 80 valence electrons. The third-order valence-electron chi connectivity index (χ3n) is 2.37. The maximum Gasteiger partial charge on any atom is 0.213 e. The third-order valence-corrected chi connectivity index (χ3v) is 2.69. The van der Waals surface area contributed by atoms with Crippen LogP contribution in [0.15, 0.2) is 11.8 Å². The van der Waals surface area contributed by atoms with E-state index in [1.165, 1.54) is 0 Å². The van der Waals surface area contributed by atoms with Gasteiger partial charge >= 0.3 is 0 Å². The second-order valence-electron chi connectivity index (χ2n) is 4.70. The van der Waals surface area contributed by atoms with Gasteiger partial charge < -0.3 is 14.2 Å². The summed E-state index contributed by atoms with van der Waals surface area (Å²) < 4.78 is 17.3. The van der Waals surface area contributed by atoms with E-state index in [9.17, 15) is 0 Å². The van der Waals surface area contributed by atoms with E-state index in [0.29, 0.717) is 6.42 Å². The highest BCUT2D eigenvalue weighted by atomic mass is 31.0. The van der Waals surface area contributed by atoms with Gasteiger partial charge in [0, 0.05) is 19.4 Å². The topological polar surface area (TPSA) is 27.7 Å². The molecule has 1 saturated heterocycles. The molecule has 0 aromatic rings. The van der Waals surface area contributed by atoms with Crippen LogP contribution in [0, 0.1) is 0 Å². The van der Waals surface area contributed by atoms with E-state index in [1.54, 1.807) is 0 Å². The summed E-state index contributed by atoms with van der Waals surface area (Å²) in [6.07, 6.45) is 2.57. The van der Waals surface area contributed by atoms with Crippen LogP contribution in [0.3, 0.4) is 0 Å². The smallest absolute Gasteiger partial charge is 0.213 e. The van der Waals surface area contributed by atoms with Gasteiger partial charge in [0.05, 0.1) is 11.1 Å². The highest BCUT2D eigenvalue weighted by molar-refractivity contribution is 7.18. The van der Waals surface area contributed by atoms with Gasteiger partial charge in [-0.25, -0.2) is 0 Å². The van der Waals surface area contributed by atoms with Crippen molar-refractivity contribution in [2.75, 3.05) is 0 Å². The minimum Gasteiger partial charge on any atom is -0.467 e. The molecule has 2 rings (SSSR count). The molecule has 2 bridgehead atoms. The highest BCUT2D eigenvalue weighted by Crippen LogP contribution is 2.47. The zero-order valence-corrected chi connectivity index (χ0v) is 10.2. The van der Waals surface area contributed by atoms with Gasteiger partial charge in [-0.15, -0.1) is 9.24 Å². The molecule has 0 saturated carbocycles. The first kappa shape index (κ1) is 10.4. The summed E-state index contributed by atoms with van der Waals surface area (Å²) in [4.78, 5) is 0. The number of fused-ring (bicyclic) bond motifs is 2. The molecule has 3 nitrogen and oxygen atoms in total. The number of rotatable bonds is 0. The maximum absolute atomic E-state index is 5.85. The van der Waals surface area contributed by atoms with E-state index in [-0.39, 0.29) is 5.34 Å². The predicted molar refractivity (Wildman–Crippen MR) is 56.6 cm³/mol. The molecule has 4 unspecified atom stereocenters. The lowest BCUT2D eigenvalue weighted by Crippen LogP contribution is -2.57. The third kappa shape index (κ3) is 1.81. The lowest BCUT2D eigenvalue weighted by atomic mass is 10.0. The summed E-state index contributed by atoms with van der Waals surface area (Å²) in [5.41, 5.74) is 0. The summed E-state index contributed by atoms with van der Waals surface area (Å²) in [5.74, 6) is -0.365. The molecule has 4 atom stereocenters. The molecule has 4 heteroatoms. The van der Waals surface area contributed by atoms with Crippen molar-refractivity contribution in [1.29, 1.82) is 0 Å². The summed E-state index contributed by atoms with van der Waals surface area (Å²) >= 11 is 0. The van der Waals surface area contributed by atoms with Crippen LogP contribution in [0.2, 0.25) is 0 Å². The van der Waals surface area contributed by atoms with E-state index in [1.807, 2.05) is 33.8 Å². The zero-order valence-electron chi connectivity index (χ0n) is 9.09. The Hall–Kier alpha value is -0.110. The number of hydrogen-bond acceptors (Lipinski definition) is 3. The van der Waals surface area contributed by atoms with Crippen molar-refractivity contribution >= 4 is 9.24 Å². The standard InChI is InChI=1S/C10H17O3P/c1-7-5-8(2)12-9(3,11-7)6-10(4,14)13-8/h5H,6,14H2,1-4H3. The highest BCUT2D eigenvalue weighted by Gasteiger charge is 2.52. The molecule has 0 aromatic heterocycles. The van der Waals surface area contributed by atoms with Gasteiger partial charge in [0.1, 0.15) is 0 Å². The molecule has 1 fully saturated rings. The van der Waals surface area contributed by atoms with Gasteiger partial charge in [-0.3, -0.25) is 0 Å². The molecule has 0 aliphatic carbocycles. The molecule has 0 aromatic carbocycles. The van der Waals surface area contributed by atoms with Gasteiger partial charge in [-0.1, -0.05) is 0 Å². The summed E-state index contributed by atoms with van der Waals surface area (Å²) in [7, 11) is 2.71. The van der Waals surface area contributed by atoms with Crippen LogP contribution in [-0.4, -0.2) is 16.9 Å². The summed E-state index contributed by atoms with van der Waals surface area (Å²) in [6.45, 7) is 7.81. The van der Waals surface area contributed by atoms with E-state index in [0.717, 1.165) is 5.76 Å². The fourth-order valence-electron chi connectivity index (χ4n) is 2.48. The lowest BCUT2D eigenvalue weighted by molar-refractivity contribution is -0.393. The molecule has 0 radical (unpaired) electrons. The SMILES string of the molecule is CC1=CC2(C)OC(C)(P)CC(C)(O1)O2. The molecule has 2 aliphatic rings. The van der Waals surface area contributed by atoms with Crippen molar-refractivity contribution in [2.45, 2.75) is 51.0 Å². The number of ether oxygens (including phenoxy) is 3. The Morgan fingerprint density at radius 2 is 1.93 bits per heavy atom. The van der Waals surface area contributed by atoms with Crippen LogP contribution in [-0.2, 0) is 14.2 Å². The van der Waals surface area contributed by atoms with Crippen molar-refractivity contribution in [3.8, 4) is 0 Å². The second-order valence-corrected chi connectivity index (χ2v) is 5.92. The normalized spacial score (nSPS) is 52.2. The van der Waals surface area contributed by atoms with Crippen molar-refractivity contribution < 1.29 is 14.2 Å². The molecule has 2 aliphatic heterocycles. The minimum atomic E-state index is -0.661. The van der Waals surface area contributed by atoms with Crippen LogP contribution in [0.25, 0.3) is 0 Å². The minimum absolute atomic E-state index is 0.293. The largest absolute Gasteiger partial charge is 0.467 e. The molecule has 2 heterocycles. The van der Waals surface area contributed by atoms with E-state index in [2.05, 4.69) is 9.24 Å². The van der Waals surface area contributed by atoms with E-state index < -0.39 is 11.6 Å². The Morgan fingerprint density at radius 3 is 2.50 bits per heavy atom. The average Bonchev–Trinajstić information content (AvgIpc) is 1.71. The molecule has 14 heavy (non-hydrogen) atoms. The Balaban J connectivity index is 2.39. The lowest BCUT2D eigenvalue weighted by Gasteiger charge is -2.52. The Bertz CT molecular complexity index is 300. The van der Waals surface area contributed by atoms with Crippen LogP contribution >= 0.6 is 9.24 Å². The zero-order chi connectivity index (χ0) is 10.6. The summed E-state index contributed by atoms with van der Waals surface area (Å²) in [5, 5.41) is -0.293. The Morgan fingerprint density at radius 1 is 1.29 bits per heavy atom. The van der Waals surface area contributed by atoms with Gasteiger partial charge in [-0.05, 0) is 20.8 Å². The number of allylic oxidation sites excluding steroid dienone is 1. The number of hydrogen-bond donors (Lipinski definition) is 0. The Labute approximate surface area is 87.0 Å². The monoisotopic (exact) mass is 216 g/mol. The fraction of sp³-hybridized carbons (Fsp3) is 0.800. The Kier molecular flexibility index (Phi) is 2.02. The fourth-order valence-corrected chi connectivity index (χ4v) is 3.08. The van der Waals surface area contributed by atoms with Crippen molar-refractivity contribution in [2.24, 2.45) is 0 Å². The quantitative estimate of drug-likeness (QED) is 0.582. The van der Waals surface area contributed by atoms with Crippen LogP contribution in [0.4, 0.5) is 0 Å². The second kappa shape index (κ2) is 2.72. The van der Waals surface area contributed by atoms with Crippen molar-refractivity contribution in [3.05, 3.63) is 11.8 Å². The van der Waals surface area contributed by atoms with E-state index >= 15 is 0 Å². The molecular formula is C10H17O3P. The van der Waals surface area contributed by atoms with Gasteiger partial charge in [0.25, 0.3) is 0 Å². The van der Waals surface area contributed by atoms with Crippen LogP contribution < -0.4 is 0 Å². The average molecular weight is 216 g/mol. The molecule has 0 spiro atoms. The maximum atomic E-state index is 5.85. The summed E-state index contributed by atoms with van der Waals surface area (Å²) in [6, 6.07) is 0. The molecular weight excluding hydrogens is 199 g/mol. The molecule has 0 N–H and O–H groups in total. The predicted octanol–water partition coefficient (Wildman–Crippen LogP) is 2.38. The van der Waals surface area contributed by atoms with Crippen molar-refractivity contribution in [1.82, 2.24) is 0 Å². The van der Waals surface area contributed by atoms with E-state index in [4.69, 9.17) is 14.2 Å². The van der Waals surface area contributed by atoms with Crippen LogP contribution in [0.1, 0.15) is 34.1 Å². The molecule has 0 amide bonds. The van der Waals surface area contributed by atoms with Gasteiger partial charge in [0.15, 0.2) is 5.79 Å². The van der Waals surface area contributed by atoms with Crippen LogP contribution in [0.5, 0.6) is 0 Å².